The number of para-hydroxylation sites is 1. The maximum Gasteiger partial charge on any atom is 0.265 e. The lowest BCUT2D eigenvalue weighted by atomic mass is 10.1. The van der Waals surface area contributed by atoms with Crippen LogP contribution < -0.4 is 15.4 Å². The fourth-order valence-corrected chi connectivity index (χ4v) is 3.13. The van der Waals surface area contributed by atoms with Gasteiger partial charge in [-0.2, -0.15) is 0 Å². The van der Waals surface area contributed by atoms with Crippen molar-refractivity contribution in [1.29, 1.82) is 0 Å². The first-order valence-corrected chi connectivity index (χ1v) is 10.4. The van der Waals surface area contributed by atoms with Gasteiger partial charge in [0.2, 0.25) is 0 Å². The molecule has 0 aliphatic heterocycles. The molecule has 5 heteroatoms. The first-order valence-electron chi connectivity index (χ1n) is 10.4. The van der Waals surface area contributed by atoms with Gasteiger partial charge >= 0.3 is 0 Å². The average molecular weight is 405 g/mol. The van der Waals surface area contributed by atoms with E-state index in [0.29, 0.717) is 23.4 Å². The van der Waals surface area contributed by atoms with Gasteiger partial charge in [0.25, 0.3) is 11.8 Å². The third-order valence-electron chi connectivity index (χ3n) is 5.08. The summed E-state index contributed by atoms with van der Waals surface area (Å²) in [6, 6.07) is 20.8. The van der Waals surface area contributed by atoms with Gasteiger partial charge in [-0.05, 0) is 54.8 Å². The Bertz CT molecular complexity index is 1030. The highest BCUT2D eigenvalue weighted by atomic mass is 16.5. The zero-order valence-corrected chi connectivity index (χ0v) is 17.6. The fourth-order valence-electron chi connectivity index (χ4n) is 3.13. The van der Waals surface area contributed by atoms with Gasteiger partial charge in [0.05, 0.1) is 11.3 Å². The molecule has 0 bridgehead atoms. The van der Waals surface area contributed by atoms with Crippen LogP contribution in [-0.2, 0) is 4.79 Å². The number of rotatable bonds is 8. The molecule has 3 rings (SSSR count). The van der Waals surface area contributed by atoms with E-state index in [1.807, 2.05) is 63.2 Å². The lowest BCUT2D eigenvalue weighted by molar-refractivity contribution is -0.122. The second kappa shape index (κ2) is 9.92. The monoisotopic (exact) mass is 404 g/mol. The van der Waals surface area contributed by atoms with Crippen LogP contribution in [0.1, 0.15) is 44.0 Å². The second-order valence-electron chi connectivity index (χ2n) is 7.34. The summed E-state index contributed by atoms with van der Waals surface area (Å²) in [4.78, 5) is 25.5. The Morgan fingerprint density at radius 1 is 0.900 bits per heavy atom. The zero-order valence-electron chi connectivity index (χ0n) is 17.6. The highest BCUT2D eigenvalue weighted by Gasteiger charge is 2.21. The topological polar surface area (TPSA) is 67.4 Å². The van der Waals surface area contributed by atoms with Crippen molar-refractivity contribution in [2.75, 3.05) is 5.32 Å². The molecule has 5 nitrogen and oxygen atoms in total. The van der Waals surface area contributed by atoms with Crippen LogP contribution in [-0.4, -0.2) is 24.0 Å². The predicted octanol–water partition coefficient (Wildman–Crippen LogP) is 5.16. The van der Waals surface area contributed by atoms with Crippen molar-refractivity contribution >= 4 is 28.3 Å². The van der Waals surface area contributed by atoms with Crippen molar-refractivity contribution in [3.05, 3.63) is 72.3 Å². The molecule has 0 radical (unpaired) electrons. The fraction of sp³-hybridized carbons (Fsp3) is 0.280. The number of ether oxygens (including phenoxy) is 1. The number of amides is 2. The number of hydrogen-bond acceptors (Lipinski definition) is 3. The van der Waals surface area contributed by atoms with Gasteiger partial charge in [-0.25, -0.2) is 0 Å². The van der Waals surface area contributed by atoms with Crippen molar-refractivity contribution in [1.82, 2.24) is 5.32 Å². The van der Waals surface area contributed by atoms with Crippen LogP contribution in [0.3, 0.4) is 0 Å². The van der Waals surface area contributed by atoms with Gasteiger partial charge < -0.3 is 15.4 Å². The van der Waals surface area contributed by atoms with Gasteiger partial charge in [0.15, 0.2) is 6.10 Å². The third kappa shape index (κ3) is 5.17. The van der Waals surface area contributed by atoms with Crippen LogP contribution in [0.2, 0.25) is 0 Å². The number of hydrogen-bond donors (Lipinski definition) is 2. The van der Waals surface area contributed by atoms with Gasteiger partial charge in [-0.3, -0.25) is 9.59 Å². The van der Waals surface area contributed by atoms with Gasteiger partial charge in [0, 0.05) is 6.04 Å². The Hall–Kier alpha value is -3.34. The van der Waals surface area contributed by atoms with Crippen molar-refractivity contribution < 1.29 is 14.3 Å². The summed E-state index contributed by atoms with van der Waals surface area (Å²) in [5, 5.41) is 7.97. The van der Waals surface area contributed by atoms with Crippen LogP contribution in [0.5, 0.6) is 5.75 Å². The Labute approximate surface area is 177 Å². The minimum absolute atomic E-state index is 0.0564. The zero-order chi connectivity index (χ0) is 21.5. The smallest absolute Gasteiger partial charge is 0.265 e. The number of carbonyl (C=O) groups excluding carboxylic acids is 2. The second-order valence-corrected chi connectivity index (χ2v) is 7.34. The van der Waals surface area contributed by atoms with E-state index in [9.17, 15) is 9.59 Å². The largest absolute Gasteiger partial charge is 0.481 e. The maximum atomic E-state index is 12.9. The number of carbonyl (C=O) groups is 2. The molecule has 30 heavy (non-hydrogen) atoms. The van der Waals surface area contributed by atoms with E-state index in [1.165, 1.54) is 0 Å². The Morgan fingerprint density at radius 2 is 1.60 bits per heavy atom. The van der Waals surface area contributed by atoms with E-state index in [1.54, 1.807) is 24.3 Å². The van der Waals surface area contributed by atoms with Crippen LogP contribution in [0, 0.1) is 0 Å². The first-order chi connectivity index (χ1) is 14.5. The molecule has 0 aromatic heterocycles. The van der Waals surface area contributed by atoms with Crippen molar-refractivity contribution in [3.63, 3.8) is 0 Å². The SMILES string of the molecule is CC[C@H](Oc1ccc2ccccc2c1)C(=O)Nc1ccccc1C(=O)N[C@@H](C)CC. The van der Waals surface area contributed by atoms with E-state index >= 15 is 0 Å². The lowest BCUT2D eigenvalue weighted by Gasteiger charge is -2.19. The Balaban J connectivity index is 1.74. The summed E-state index contributed by atoms with van der Waals surface area (Å²) in [6.45, 7) is 5.85. The van der Waals surface area contributed by atoms with Crippen LogP contribution in [0.15, 0.2) is 66.7 Å². The average Bonchev–Trinajstić information content (AvgIpc) is 2.77. The summed E-state index contributed by atoms with van der Waals surface area (Å²) in [7, 11) is 0. The Morgan fingerprint density at radius 3 is 2.33 bits per heavy atom. The molecule has 0 unspecified atom stereocenters. The number of nitrogens with one attached hydrogen (secondary N) is 2. The summed E-state index contributed by atoms with van der Waals surface area (Å²) in [6.07, 6.45) is 0.661. The normalized spacial score (nSPS) is 12.8. The molecular formula is C25H28N2O3. The summed E-state index contributed by atoms with van der Waals surface area (Å²) in [5.74, 6) is 0.150. The molecule has 0 aliphatic carbocycles. The number of anilines is 1. The number of fused-ring (bicyclic) bond motifs is 1. The molecular weight excluding hydrogens is 376 g/mol. The molecule has 0 spiro atoms. The van der Waals surface area contributed by atoms with Crippen molar-refractivity contribution in [2.45, 2.75) is 45.8 Å². The summed E-state index contributed by atoms with van der Waals surface area (Å²) >= 11 is 0. The Kier molecular flexibility index (Phi) is 7.07. The van der Waals surface area contributed by atoms with Crippen molar-refractivity contribution in [2.24, 2.45) is 0 Å². The lowest BCUT2D eigenvalue weighted by Crippen LogP contribution is -2.35. The number of benzene rings is 3. The predicted molar refractivity (Wildman–Crippen MR) is 121 cm³/mol. The molecule has 0 aliphatic rings. The molecule has 2 amide bonds. The molecule has 3 aromatic rings. The molecule has 2 atom stereocenters. The van der Waals surface area contributed by atoms with Gasteiger partial charge in [-0.1, -0.05) is 56.3 Å². The molecule has 2 N–H and O–H groups in total. The van der Waals surface area contributed by atoms with E-state index in [-0.39, 0.29) is 17.9 Å². The molecule has 156 valence electrons. The molecule has 0 saturated carbocycles. The van der Waals surface area contributed by atoms with Gasteiger partial charge in [-0.15, -0.1) is 0 Å². The van der Waals surface area contributed by atoms with Gasteiger partial charge in [0.1, 0.15) is 5.75 Å². The van der Waals surface area contributed by atoms with Crippen LogP contribution >= 0.6 is 0 Å². The standard InChI is InChI=1S/C25H28N2O3/c1-4-17(3)26-24(28)21-12-8-9-13-22(21)27-25(29)23(5-2)30-20-15-14-18-10-6-7-11-19(18)16-20/h6-17,23H,4-5H2,1-3H3,(H,26,28)(H,27,29)/t17-,23-/m0/s1. The van der Waals surface area contributed by atoms with Crippen LogP contribution in [0.25, 0.3) is 10.8 Å². The molecule has 0 saturated heterocycles. The van der Waals surface area contributed by atoms with E-state index in [0.717, 1.165) is 17.2 Å². The minimum Gasteiger partial charge on any atom is -0.481 e. The minimum atomic E-state index is -0.670. The summed E-state index contributed by atoms with van der Waals surface area (Å²) in [5.41, 5.74) is 0.913. The van der Waals surface area contributed by atoms with E-state index in [2.05, 4.69) is 10.6 Å². The highest BCUT2D eigenvalue weighted by molar-refractivity contribution is 6.04. The highest BCUT2D eigenvalue weighted by Crippen LogP contribution is 2.23. The maximum absolute atomic E-state index is 12.9. The van der Waals surface area contributed by atoms with E-state index < -0.39 is 6.10 Å². The molecule has 3 aromatic carbocycles. The van der Waals surface area contributed by atoms with Crippen LogP contribution in [0.4, 0.5) is 5.69 Å². The summed E-state index contributed by atoms with van der Waals surface area (Å²) < 4.78 is 5.98. The molecule has 0 heterocycles. The quantitative estimate of drug-likeness (QED) is 0.545. The van der Waals surface area contributed by atoms with E-state index in [4.69, 9.17) is 4.74 Å². The third-order valence-corrected chi connectivity index (χ3v) is 5.08. The molecule has 0 fully saturated rings. The first kappa shape index (κ1) is 21.4. The van der Waals surface area contributed by atoms with Crippen molar-refractivity contribution in [3.8, 4) is 5.75 Å².